The lowest BCUT2D eigenvalue weighted by Gasteiger charge is -2.42. The van der Waals surface area contributed by atoms with E-state index in [4.69, 9.17) is 18.6 Å². The van der Waals surface area contributed by atoms with Crippen molar-refractivity contribution in [3.05, 3.63) is 77.0 Å². The molecule has 0 bridgehead atoms. The first kappa shape index (κ1) is 44.4. The Morgan fingerprint density at radius 2 is 1.43 bits per heavy atom. The van der Waals surface area contributed by atoms with Gasteiger partial charge >= 0.3 is 14.0 Å². The Hall–Kier alpha value is -2.99. The highest BCUT2D eigenvalue weighted by Crippen LogP contribution is 2.55. The molecule has 0 aliphatic carbocycles. The Morgan fingerprint density at radius 3 is 1.96 bits per heavy atom. The number of carbonyl (C=O) groups excluding carboxylic acids is 1. The van der Waals surface area contributed by atoms with E-state index < -0.39 is 36.2 Å². The van der Waals surface area contributed by atoms with E-state index in [9.17, 15) is 22.5 Å². The maximum Gasteiger partial charge on any atom is 0.480 e. The van der Waals surface area contributed by atoms with Gasteiger partial charge in [0.1, 0.15) is 5.82 Å². The molecular formula is C39H55ClF3N4O5P. The second-order valence-electron chi connectivity index (χ2n) is 16.6. The van der Waals surface area contributed by atoms with Crippen LogP contribution in [0.1, 0.15) is 77.6 Å². The van der Waals surface area contributed by atoms with Crippen LogP contribution in [0.15, 0.2) is 54.7 Å². The maximum atomic E-state index is 14.2. The normalized spacial score (nSPS) is 15.6. The van der Waals surface area contributed by atoms with E-state index in [1.807, 2.05) is 44.3 Å². The van der Waals surface area contributed by atoms with Gasteiger partial charge in [0.2, 0.25) is 5.91 Å². The van der Waals surface area contributed by atoms with Gasteiger partial charge in [0.05, 0.1) is 67.3 Å². The fraction of sp³-hybridized carbons (Fsp3) is 0.538. The lowest BCUT2D eigenvalue weighted by molar-refractivity contribution is -0.925. The van der Waals surface area contributed by atoms with Crippen LogP contribution >= 0.6 is 7.82 Å². The van der Waals surface area contributed by atoms with Crippen LogP contribution in [0, 0.1) is 13.8 Å². The summed E-state index contributed by atoms with van der Waals surface area (Å²) in [7, 11) is -0.203. The quantitative estimate of drug-likeness (QED) is 0.176. The van der Waals surface area contributed by atoms with Crippen molar-refractivity contribution < 1.29 is 53.0 Å². The van der Waals surface area contributed by atoms with E-state index in [0.717, 1.165) is 34.6 Å². The van der Waals surface area contributed by atoms with Gasteiger partial charge in [0.15, 0.2) is 6.73 Å². The van der Waals surface area contributed by atoms with Gasteiger partial charge in [-0.25, -0.2) is 14.1 Å². The highest BCUT2D eigenvalue weighted by atomic mass is 35.5. The van der Waals surface area contributed by atoms with Crippen molar-refractivity contribution in [3.8, 4) is 11.1 Å². The zero-order valence-electron chi connectivity index (χ0n) is 33.0. The number of pyridine rings is 1. The van der Waals surface area contributed by atoms with Gasteiger partial charge in [-0.05, 0) is 104 Å². The van der Waals surface area contributed by atoms with Crippen LogP contribution in [0.3, 0.4) is 0 Å². The molecule has 0 unspecified atom stereocenters. The molecule has 0 N–H and O–H groups in total. The van der Waals surface area contributed by atoms with E-state index in [-0.39, 0.29) is 30.6 Å². The summed E-state index contributed by atoms with van der Waals surface area (Å²) in [4.78, 5) is 22.7. The number of rotatable bonds is 10. The van der Waals surface area contributed by atoms with Crippen LogP contribution in [-0.4, -0.2) is 73.6 Å². The second kappa shape index (κ2) is 16.0. The predicted molar refractivity (Wildman–Crippen MR) is 200 cm³/mol. The van der Waals surface area contributed by atoms with E-state index >= 15 is 0 Å². The smallest absolute Gasteiger partial charge is 0.480 e. The molecule has 53 heavy (non-hydrogen) atoms. The Bertz CT molecular complexity index is 1800. The molecule has 2 heterocycles. The number of amides is 1. The Morgan fingerprint density at radius 1 is 0.887 bits per heavy atom. The SMILES string of the molecule is Cc1cc(C(F)(F)F)cc(C(C)(C)C(=O)N(C)c2cnc(N3CC[N+](C)(COP(=O)(OC(C)(C)C)OC(C)(C)C)CC3)cc2-c2ccccc2C)c1.[Cl-]. The number of aromatic nitrogens is 1. The number of aryl methyl sites for hydroxylation is 2. The molecule has 0 saturated carbocycles. The van der Waals surface area contributed by atoms with Gasteiger partial charge in [0.25, 0.3) is 0 Å². The molecular weight excluding hydrogens is 728 g/mol. The maximum absolute atomic E-state index is 14.2. The third kappa shape index (κ3) is 11.3. The highest BCUT2D eigenvalue weighted by Gasteiger charge is 2.41. The van der Waals surface area contributed by atoms with Gasteiger partial charge in [-0.15, -0.1) is 0 Å². The Balaban J connectivity index is 0.00000756. The van der Waals surface area contributed by atoms with Crippen molar-refractivity contribution in [3.63, 3.8) is 0 Å². The second-order valence-corrected chi connectivity index (χ2v) is 18.1. The largest absolute Gasteiger partial charge is 1.00 e. The number of hydrogen-bond acceptors (Lipinski definition) is 7. The van der Waals surface area contributed by atoms with Crippen LogP contribution in [0.25, 0.3) is 11.1 Å². The number of carbonyl (C=O) groups is 1. The molecule has 2 aromatic carbocycles. The van der Waals surface area contributed by atoms with Crippen LogP contribution in [0.4, 0.5) is 24.7 Å². The molecule has 1 fully saturated rings. The highest BCUT2D eigenvalue weighted by molar-refractivity contribution is 7.48. The van der Waals surface area contributed by atoms with Gasteiger partial charge in [-0.2, -0.15) is 13.2 Å². The van der Waals surface area contributed by atoms with E-state index in [2.05, 4.69) is 4.90 Å². The van der Waals surface area contributed by atoms with Crippen molar-refractivity contribution in [1.29, 1.82) is 0 Å². The van der Waals surface area contributed by atoms with Crippen LogP contribution in [-0.2, 0) is 34.5 Å². The number of quaternary nitrogens is 1. The zero-order valence-corrected chi connectivity index (χ0v) is 34.7. The molecule has 0 atom stereocenters. The van der Waals surface area contributed by atoms with Crippen molar-refractivity contribution in [2.24, 2.45) is 0 Å². The number of anilines is 2. The fourth-order valence-electron chi connectivity index (χ4n) is 6.19. The van der Waals surface area contributed by atoms with E-state index in [0.29, 0.717) is 41.9 Å². The number of nitrogens with zero attached hydrogens (tertiary/aromatic N) is 4. The van der Waals surface area contributed by atoms with Crippen molar-refractivity contribution in [1.82, 2.24) is 4.98 Å². The number of phosphoric acid groups is 1. The average molecular weight is 783 g/mol. The average Bonchev–Trinajstić information content (AvgIpc) is 3.01. The van der Waals surface area contributed by atoms with Gasteiger partial charge in [-0.3, -0.25) is 13.8 Å². The molecule has 0 radical (unpaired) electrons. The molecule has 4 rings (SSSR count). The molecule has 9 nitrogen and oxygen atoms in total. The summed E-state index contributed by atoms with van der Waals surface area (Å²) in [6, 6.07) is 13.6. The predicted octanol–water partition coefficient (Wildman–Crippen LogP) is 6.31. The summed E-state index contributed by atoms with van der Waals surface area (Å²) in [6.07, 6.45) is -2.87. The number of halogens is 4. The number of hydrogen-bond donors (Lipinski definition) is 0. The first-order valence-electron chi connectivity index (χ1n) is 17.5. The van der Waals surface area contributed by atoms with Crippen molar-refractivity contribution in [2.75, 3.05) is 56.8 Å². The molecule has 1 aliphatic rings. The molecule has 3 aromatic rings. The zero-order chi connectivity index (χ0) is 39.1. The lowest BCUT2D eigenvalue weighted by atomic mass is 9.81. The minimum Gasteiger partial charge on any atom is -1.00 e. The van der Waals surface area contributed by atoms with E-state index in [1.54, 1.807) is 81.6 Å². The number of phosphoric ester groups is 1. The van der Waals surface area contributed by atoms with E-state index in [1.165, 1.54) is 4.90 Å². The molecule has 1 aliphatic heterocycles. The summed E-state index contributed by atoms with van der Waals surface area (Å²) in [5.74, 6) is 0.352. The fourth-order valence-corrected chi connectivity index (χ4v) is 8.09. The molecule has 0 spiro atoms. The van der Waals surface area contributed by atoms with Gasteiger partial charge in [-0.1, -0.05) is 35.9 Å². The Labute approximate surface area is 319 Å². The first-order valence-corrected chi connectivity index (χ1v) is 19.0. The number of benzene rings is 2. The number of likely N-dealkylation sites (N-methyl/N-ethyl adjacent to an activating group) is 2. The first-order chi connectivity index (χ1) is 23.7. The molecule has 1 aromatic heterocycles. The third-order valence-electron chi connectivity index (χ3n) is 9.07. The van der Waals surface area contributed by atoms with Crippen molar-refractivity contribution >= 4 is 25.2 Å². The number of piperazine rings is 1. The summed E-state index contributed by atoms with van der Waals surface area (Å²) < 4.78 is 73.0. The minimum absolute atomic E-state index is 0. The Kier molecular flexibility index (Phi) is 13.4. The van der Waals surface area contributed by atoms with Crippen LogP contribution < -0.4 is 22.2 Å². The van der Waals surface area contributed by atoms with Crippen molar-refractivity contribution in [2.45, 2.75) is 92.0 Å². The van der Waals surface area contributed by atoms with Gasteiger partial charge in [0, 0.05) is 12.6 Å². The van der Waals surface area contributed by atoms with Crippen LogP contribution in [0.5, 0.6) is 0 Å². The summed E-state index contributed by atoms with van der Waals surface area (Å²) >= 11 is 0. The summed E-state index contributed by atoms with van der Waals surface area (Å²) in [5, 5.41) is 0. The summed E-state index contributed by atoms with van der Waals surface area (Å²) in [5.41, 5.74) is 0.386. The molecule has 1 amide bonds. The third-order valence-corrected chi connectivity index (χ3v) is 11.0. The number of alkyl halides is 3. The monoisotopic (exact) mass is 782 g/mol. The lowest BCUT2D eigenvalue weighted by Crippen LogP contribution is -3.00. The molecule has 14 heteroatoms. The minimum atomic E-state index is -4.54. The standard InChI is InChI=1S/C39H55F3N4O5P.ClH/c1-27-21-29(23-30(22-27)39(40,41)42)38(9,10)35(47)44(11)33-25-43-34(24-32(33)31-16-14-13-15-28(31)2)45-17-19-46(12,20-18-45)26-49-52(48,50-36(3,4)5)51-37(6,7)8;/h13-16,21-25H,17-20,26H2,1-12H3;1H/q+1;/p-1. The van der Waals surface area contributed by atoms with Gasteiger partial charge < -0.3 is 26.7 Å². The molecule has 1 saturated heterocycles. The summed E-state index contributed by atoms with van der Waals surface area (Å²) in [6.45, 7) is 20.4. The molecule has 294 valence electrons. The van der Waals surface area contributed by atoms with Crippen LogP contribution in [0.2, 0.25) is 0 Å². The topological polar surface area (TPSA) is 81.2 Å².